The predicted octanol–water partition coefficient (Wildman–Crippen LogP) is -0.587. The van der Waals surface area contributed by atoms with E-state index in [1.165, 1.54) is 25.9 Å². The minimum atomic E-state index is -3.96. The first-order valence-corrected chi connectivity index (χ1v) is 9.21. The molecule has 2 aromatic heterocycles. The van der Waals surface area contributed by atoms with E-state index < -0.39 is 27.2 Å². The van der Waals surface area contributed by atoms with Crippen LogP contribution in [0, 0.1) is 6.92 Å². The fourth-order valence-corrected chi connectivity index (χ4v) is 4.42. The second-order valence-corrected chi connectivity index (χ2v) is 8.11. The number of aromatic nitrogens is 2. The molecule has 2 aromatic rings. The maximum absolute atomic E-state index is 13.0. The van der Waals surface area contributed by atoms with Gasteiger partial charge in [0.25, 0.3) is 11.5 Å². The molecule has 0 aromatic carbocycles. The molecule has 3 rings (SSSR count). The summed E-state index contributed by atoms with van der Waals surface area (Å²) >= 11 is 0. The molecule has 10 nitrogen and oxygen atoms in total. The van der Waals surface area contributed by atoms with E-state index in [4.69, 9.17) is 4.42 Å². The van der Waals surface area contributed by atoms with Gasteiger partial charge in [-0.05, 0) is 13.3 Å². The van der Waals surface area contributed by atoms with Crippen LogP contribution in [0.1, 0.15) is 27.4 Å². The molecule has 0 radical (unpaired) electrons. The Morgan fingerprint density at radius 2 is 1.96 bits per heavy atom. The standard InChI is InChI=1S/C15H18N4O6S/c1-8-11(7-25-12(8)14(21)18(2)3)26(23,24)19-5-4-9-10(6-19)16-15(22)17-13(9)20/h7H,4-6H2,1-3H3,(H2,16,17,20,22). The third-order valence-corrected chi connectivity index (χ3v) is 6.24. The zero-order valence-corrected chi connectivity index (χ0v) is 15.3. The van der Waals surface area contributed by atoms with Crippen LogP contribution in [0.5, 0.6) is 0 Å². The van der Waals surface area contributed by atoms with Gasteiger partial charge in [-0.3, -0.25) is 14.6 Å². The smallest absolute Gasteiger partial charge is 0.325 e. The molecule has 0 atom stereocenters. The number of furan rings is 1. The first kappa shape index (κ1) is 18.1. The number of carbonyl (C=O) groups excluding carboxylic acids is 1. The van der Waals surface area contributed by atoms with Gasteiger partial charge in [0.05, 0.1) is 6.54 Å². The van der Waals surface area contributed by atoms with Crippen molar-refractivity contribution >= 4 is 15.9 Å². The number of sulfonamides is 1. The number of hydrogen-bond acceptors (Lipinski definition) is 6. The molecular weight excluding hydrogens is 364 g/mol. The number of nitrogens with one attached hydrogen (secondary N) is 2. The van der Waals surface area contributed by atoms with Crippen molar-refractivity contribution < 1.29 is 17.6 Å². The van der Waals surface area contributed by atoms with Gasteiger partial charge in [-0.2, -0.15) is 4.31 Å². The summed E-state index contributed by atoms with van der Waals surface area (Å²) in [6, 6.07) is 0. The molecule has 0 bridgehead atoms. The minimum Gasteiger partial charge on any atom is -0.457 e. The van der Waals surface area contributed by atoms with Gasteiger partial charge in [0.2, 0.25) is 10.0 Å². The third kappa shape index (κ3) is 2.88. The number of aromatic amines is 2. The van der Waals surface area contributed by atoms with Crippen molar-refractivity contribution in [3.05, 3.63) is 49.7 Å². The first-order valence-electron chi connectivity index (χ1n) is 7.77. The van der Waals surface area contributed by atoms with Crippen LogP contribution < -0.4 is 11.2 Å². The lowest BCUT2D eigenvalue weighted by Crippen LogP contribution is -2.41. The van der Waals surface area contributed by atoms with E-state index in [1.54, 1.807) is 0 Å². The summed E-state index contributed by atoms with van der Waals surface area (Å²) in [7, 11) is -0.894. The van der Waals surface area contributed by atoms with Crippen LogP contribution in [0.4, 0.5) is 0 Å². The normalized spacial score (nSPS) is 14.9. The first-order chi connectivity index (χ1) is 12.1. The lowest BCUT2D eigenvalue weighted by molar-refractivity contribution is 0.0795. The number of H-pyrrole nitrogens is 2. The number of nitrogens with zero attached hydrogens (tertiary/aromatic N) is 2. The summed E-state index contributed by atoms with van der Waals surface area (Å²) in [4.78, 5) is 41.1. The number of amides is 1. The van der Waals surface area contributed by atoms with Gasteiger partial charge in [0.1, 0.15) is 11.2 Å². The largest absolute Gasteiger partial charge is 0.457 e. The zero-order chi connectivity index (χ0) is 19.2. The van der Waals surface area contributed by atoms with Crippen molar-refractivity contribution in [1.82, 2.24) is 19.2 Å². The SMILES string of the molecule is Cc1c(S(=O)(=O)N2CCc3c([nH]c(=O)[nH]c3=O)C2)coc1C(=O)N(C)C. The molecule has 0 spiro atoms. The maximum atomic E-state index is 13.0. The molecule has 1 amide bonds. The summed E-state index contributed by atoms with van der Waals surface area (Å²) in [6.45, 7) is 1.43. The highest BCUT2D eigenvalue weighted by Crippen LogP contribution is 2.27. The van der Waals surface area contributed by atoms with Crippen molar-refractivity contribution in [2.45, 2.75) is 24.8 Å². The van der Waals surface area contributed by atoms with Crippen LogP contribution in [-0.4, -0.2) is 54.1 Å². The second-order valence-electron chi connectivity index (χ2n) is 6.21. The second kappa shape index (κ2) is 6.25. The number of fused-ring (bicyclic) bond motifs is 1. The molecule has 2 N–H and O–H groups in total. The molecule has 0 fully saturated rings. The van der Waals surface area contributed by atoms with E-state index in [1.807, 2.05) is 0 Å². The Morgan fingerprint density at radius 3 is 2.62 bits per heavy atom. The molecule has 1 aliphatic rings. The van der Waals surface area contributed by atoms with Gasteiger partial charge in [0.15, 0.2) is 5.76 Å². The van der Waals surface area contributed by atoms with Crippen LogP contribution in [0.2, 0.25) is 0 Å². The molecule has 3 heterocycles. The third-order valence-electron chi connectivity index (χ3n) is 4.29. The molecule has 140 valence electrons. The van der Waals surface area contributed by atoms with Gasteiger partial charge >= 0.3 is 5.69 Å². The average molecular weight is 382 g/mol. The molecule has 11 heteroatoms. The van der Waals surface area contributed by atoms with Crippen molar-refractivity contribution in [1.29, 1.82) is 0 Å². The van der Waals surface area contributed by atoms with Crippen molar-refractivity contribution in [2.75, 3.05) is 20.6 Å². The molecule has 0 aliphatic carbocycles. The number of hydrogen-bond donors (Lipinski definition) is 2. The quantitative estimate of drug-likeness (QED) is 0.728. The van der Waals surface area contributed by atoms with Gasteiger partial charge in [-0.25, -0.2) is 13.2 Å². The monoisotopic (exact) mass is 382 g/mol. The lowest BCUT2D eigenvalue weighted by Gasteiger charge is -2.26. The zero-order valence-electron chi connectivity index (χ0n) is 14.5. The van der Waals surface area contributed by atoms with Gasteiger partial charge < -0.3 is 14.3 Å². The van der Waals surface area contributed by atoms with Crippen LogP contribution >= 0.6 is 0 Å². The lowest BCUT2D eigenvalue weighted by atomic mass is 10.1. The Kier molecular flexibility index (Phi) is 4.36. The fourth-order valence-electron chi connectivity index (χ4n) is 2.86. The van der Waals surface area contributed by atoms with Gasteiger partial charge in [-0.1, -0.05) is 0 Å². The highest BCUT2D eigenvalue weighted by molar-refractivity contribution is 7.89. The van der Waals surface area contributed by atoms with Gasteiger partial charge in [-0.15, -0.1) is 0 Å². The van der Waals surface area contributed by atoms with Crippen molar-refractivity contribution in [3.8, 4) is 0 Å². The molecule has 26 heavy (non-hydrogen) atoms. The molecule has 0 unspecified atom stereocenters. The molecule has 0 saturated heterocycles. The van der Waals surface area contributed by atoms with E-state index in [-0.39, 0.29) is 41.4 Å². The summed E-state index contributed by atoms with van der Waals surface area (Å²) in [5.41, 5.74) is -0.359. The highest BCUT2D eigenvalue weighted by atomic mass is 32.2. The number of carbonyl (C=O) groups is 1. The molecular formula is C15H18N4O6S. The Bertz CT molecular complexity index is 1090. The summed E-state index contributed by atoms with van der Waals surface area (Å²) < 4.78 is 32.3. The van der Waals surface area contributed by atoms with E-state index >= 15 is 0 Å². The van der Waals surface area contributed by atoms with E-state index in [9.17, 15) is 22.8 Å². The van der Waals surface area contributed by atoms with Crippen molar-refractivity contribution in [2.24, 2.45) is 0 Å². The summed E-state index contributed by atoms with van der Waals surface area (Å²) in [6.07, 6.45) is 1.21. The Hall–Kier alpha value is -2.66. The van der Waals surface area contributed by atoms with Gasteiger partial charge in [0, 0.05) is 37.5 Å². The fraction of sp³-hybridized carbons (Fsp3) is 0.400. The maximum Gasteiger partial charge on any atom is 0.325 e. The summed E-state index contributed by atoms with van der Waals surface area (Å²) in [5.74, 6) is -0.486. The topological polar surface area (TPSA) is 137 Å². The average Bonchev–Trinajstić information content (AvgIpc) is 2.95. The van der Waals surface area contributed by atoms with Crippen LogP contribution in [0.25, 0.3) is 0 Å². The Balaban J connectivity index is 1.99. The summed E-state index contributed by atoms with van der Waals surface area (Å²) in [5, 5.41) is 0. The van der Waals surface area contributed by atoms with E-state index in [2.05, 4.69) is 9.97 Å². The van der Waals surface area contributed by atoms with Crippen LogP contribution in [0.3, 0.4) is 0 Å². The number of rotatable bonds is 3. The highest BCUT2D eigenvalue weighted by Gasteiger charge is 2.34. The van der Waals surface area contributed by atoms with Crippen LogP contribution in [-0.2, 0) is 23.0 Å². The Morgan fingerprint density at radius 1 is 1.27 bits per heavy atom. The van der Waals surface area contributed by atoms with Crippen LogP contribution in [0.15, 0.2) is 25.2 Å². The van der Waals surface area contributed by atoms with E-state index in [0.717, 1.165) is 10.6 Å². The molecule has 0 saturated carbocycles. The van der Waals surface area contributed by atoms with Crippen molar-refractivity contribution in [3.63, 3.8) is 0 Å². The van der Waals surface area contributed by atoms with E-state index in [0.29, 0.717) is 5.56 Å². The minimum absolute atomic E-state index is 0.0455. The predicted molar refractivity (Wildman–Crippen MR) is 90.4 cm³/mol. The Labute approximate surface area is 148 Å². The molecule has 1 aliphatic heterocycles.